The third-order valence-electron chi connectivity index (χ3n) is 2.57. The summed E-state index contributed by atoms with van der Waals surface area (Å²) < 4.78 is 5.24. The smallest absolute Gasteiger partial charge is 0.110 e. The quantitative estimate of drug-likeness (QED) is 0.701. The lowest BCUT2D eigenvalue weighted by molar-refractivity contribution is -0.0235. The van der Waals surface area contributed by atoms with Crippen LogP contribution in [0.5, 0.6) is 0 Å². The van der Waals surface area contributed by atoms with Gasteiger partial charge in [-0.25, -0.2) is 0 Å². The van der Waals surface area contributed by atoms with Crippen LogP contribution < -0.4 is 0 Å². The predicted octanol–water partition coefficient (Wildman–Crippen LogP) is 1.08. The molecular weight excluding hydrogens is 166 g/mol. The van der Waals surface area contributed by atoms with E-state index < -0.39 is 0 Å². The summed E-state index contributed by atoms with van der Waals surface area (Å²) in [6, 6.07) is 1.99. The van der Waals surface area contributed by atoms with Crippen LogP contribution in [-0.4, -0.2) is 23.3 Å². The molecule has 0 amide bonds. The summed E-state index contributed by atoms with van der Waals surface area (Å²) in [5.41, 5.74) is 2.27. The SMILES string of the molecule is COC1c2cnccc2CCC1O. The van der Waals surface area contributed by atoms with Crippen LogP contribution in [0.4, 0.5) is 0 Å². The average molecular weight is 179 g/mol. The summed E-state index contributed by atoms with van der Waals surface area (Å²) in [6.45, 7) is 0. The number of aliphatic hydroxyl groups excluding tert-OH is 1. The van der Waals surface area contributed by atoms with Crippen molar-refractivity contribution in [2.24, 2.45) is 0 Å². The summed E-state index contributed by atoms with van der Waals surface area (Å²) in [5.74, 6) is 0. The van der Waals surface area contributed by atoms with Gasteiger partial charge >= 0.3 is 0 Å². The van der Waals surface area contributed by atoms with Crippen molar-refractivity contribution >= 4 is 0 Å². The minimum absolute atomic E-state index is 0.197. The Hall–Kier alpha value is -0.930. The Morgan fingerprint density at radius 3 is 3.23 bits per heavy atom. The Labute approximate surface area is 77.4 Å². The van der Waals surface area contributed by atoms with E-state index in [1.54, 1.807) is 19.5 Å². The van der Waals surface area contributed by atoms with Crippen molar-refractivity contribution in [3.05, 3.63) is 29.6 Å². The van der Waals surface area contributed by atoms with E-state index in [0.29, 0.717) is 0 Å². The molecule has 70 valence electrons. The number of aromatic nitrogens is 1. The lowest BCUT2D eigenvalue weighted by atomic mass is 9.89. The van der Waals surface area contributed by atoms with E-state index in [1.165, 1.54) is 5.56 Å². The first kappa shape index (κ1) is 8.66. The molecule has 2 atom stereocenters. The van der Waals surface area contributed by atoms with Crippen molar-refractivity contribution in [2.45, 2.75) is 25.0 Å². The number of pyridine rings is 1. The average Bonchev–Trinajstić information content (AvgIpc) is 2.18. The highest BCUT2D eigenvalue weighted by Crippen LogP contribution is 2.31. The number of rotatable bonds is 1. The molecular formula is C10H13NO2. The van der Waals surface area contributed by atoms with E-state index in [1.807, 2.05) is 6.07 Å². The van der Waals surface area contributed by atoms with Crippen LogP contribution in [0, 0.1) is 0 Å². The molecule has 1 aromatic rings. The summed E-state index contributed by atoms with van der Waals surface area (Å²) in [7, 11) is 1.62. The zero-order valence-electron chi connectivity index (χ0n) is 7.60. The second-order valence-corrected chi connectivity index (χ2v) is 3.34. The van der Waals surface area contributed by atoms with Crippen LogP contribution in [0.15, 0.2) is 18.5 Å². The van der Waals surface area contributed by atoms with Gasteiger partial charge in [0.25, 0.3) is 0 Å². The highest BCUT2D eigenvalue weighted by molar-refractivity contribution is 5.29. The molecule has 2 rings (SSSR count). The molecule has 0 saturated carbocycles. The maximum absolute atomic E-state index is 9.66. The molecule has 2 unspecified atom stereocenters. The molecule has 1 aliphatic rings. The molecule has 1 N–H and O–H groups in total. The lowest BCUT2D eigenvalue weighted by Gasteiger charge is -2.28. The molecule has 13 heavy (non-hydrogen) atoms. The van der Waals surface area contributed by atoms with Gasteiger partial charge in [0.15, 0.2) is 0 Å². The minimum Gasteiger partial charge on any atom is -0.390 e. The van der Waals surface area contributed by atoms with Gasteiger partial charge in [0.05, 0.1) is 6.10 Å². The first-order valence-electron chi connectivity index (χ1n) is 4.46. The number of hydrogen-bond donors (Lipinski definition) is 1. The number of methoxy groups -OCH3 is 1. The first-order chi connectivity index (χ1) is 6.33. The van der Waals surface area contributed by atoms with Crippen molar-refractivity contribution in [1.82, 2.24) is 4.98 Å². The molecule has 0 aliphatic heterocycles. The van der Waals surface area contributed by atoms with E-state index in [9.17, 15) is 5.11 Å². The van der Waals surface area contributed by atoms with Gasteiger partial charge in [-0.15, -0.1) is 0 Å². The molecule has 0 radical (unpaired) electrons. The Kier molecular flexibility index (Phi) is 2.29. The van der Waals surface area contributed by atoms with Gasteiger partial charge in [0.1, 0.15) is 6.10 Å². The molecule has 3 nitrogen and oxygen atoms in total. The molecule has 1 heterocycles. The molecule has 1 aromatic heterocycles. The molecule has 3 heteroatoms. The fraction of sp³-hybridized carbons (Fsp3) is 0.500. The van der Waals surface area contributed by atoms with E-state index in [0.717, 1.165) is 18.4 Å². The Morgan fingerprint density at radius 2 is 2.46 bits per heavy atom. The van der Waals surface area contributed by atoms with Crippen LogP contribution in [0.2, 0.25) is 0 Å². The van der Waals surface area contributed by atoms with Crippen LogP contribution in [0.25, 0.3) is 0 Å². The Balaban J connectivity index is 2.39. The number of aliphatic hydroxyl groups is 1. The lowest BCUT2D eigenvalue weighted by Crippen LogP contribution is -2.26. The number of hydrogen-bond acceptors (Lipinski definition) is 3. The van der Waals surface area contributed by atoms with Crippen molar-refractivity contribution in [2.75, 3.05) is 7.11 Å². The summed E-state index contributed by atoms with van der Waals surface area (Å²) in [6.07, 6.45) is 4.67. The summed E-state index contributed by atoms with van der Waals surface area (Å²) >= 11 is 0. The highest BCUT2D eigenvalue weighted by Gasteiger charge is 2.27. The second-order valence-electron chi connectivity index (χ2n) is 3.34. The van der Waals surface area contributed by atoms with Gasteiger partial charge in [-0.2, -0.15) is 0 Å². The third kappa shape index (κ3) is 1.45. The van der Waals surface area contributed by atoms with Crippen LogP contribution in [0.1, 0.15) is 23.7 Å². The highest BCUT2D eigenvalue weighted by atomic mass is 16.5. The van der Waals surface area contributed by atoms with E-state index >= 15 is 0 Å². The standard InChI is InChI=1S/C10H13NO2/c1-13-10-8-6-11-5-4-7(8)2-3-9(10)12/h4-6,9-10,12H,2-3H2,1H3. The van der Waals surface area contributed by atoms with Gasteiger partial charge in [-0.1, -0.05) is 0 Å². The minimum atomic E-state index is -0.387. The fourth-order valence-electron chi connectivity index (χ4n) is 1.87. The van der Waals surface area contributed by atoms with E-state index in [2.05, 4.69) is 4.98 Å². The number of ether oxygens (including phenoxy) is 1. The molecule has 1 aliphatic carbocycles. The fourth-order valence-corrected chi connectivity index (χ4v) is 1.87. The second kappa shape index (κ2) is 3.44. The maximum Gasteiger partial charge on any atom is 0.110 e. The molecule has 0 spiro atoms. The maximum atomic E-state index is 9.66. The Morgan fingerprint density at radius 1 is 1.62 bits per heavy atom. The summed E-state index contributed by atoms with van der Waals surface area (Å²) in [4.78, 5) is 4.04. The normalized spacial score (nSPS) is 26.9. The first-order valence-corrected chi connectivity index (χ1v) is 4.46. The Bertz CT molecular complexity index is 301. The summed E-state index contributed by atoms with van der Waals surface area (Å²) in [5, 5.41) is 9.66. The molecule has 0 fully saturated rings. The van der Waals surface area contributed by atoms with Gasteiger partial charge in [0, 0.05) is 25.1 Å². The van der Waals surface area contributed by atoms with Crippen LogP contribution >= 0.6 is 0 Å². The molecule has 0 saturated heterocycles. The van der Waals surface area contributed by atoms with Gasteiger partial charge in [0.2, 0.25) is 0 Å². The van der Waals surface area contributed by atoms with Gasteiger partial charge < -0.3 is 9.84 Å². The number of nitrogens with zero attached hydrogens (tertiary/aromatic N) is 1. The van der Waals surface area contributed by atoms with Crippen LogP contribution in [0.3, 0.4) is 0 Å². The predicted molar refractivity (Wildman–Crippen MR) is 48.3 cm³/mol. The van der Waals surface area contributed by atoms with Gasteiger partial charge in [-0.3, -0.25) is 4.98 Å². The van der Waals surface area contributed by atoms with Crippen molar-refractivity contribution in [1.29, 1.82) is 0 Å². The third-order valence-corrected chi connectivity index (χ3v) is 2.57. The largest absolute Gasteiger partial charge is 0.390 e. The van der Waals surface area contributed by atoms with E-state index in [-0.39, 0.29) is 12.2 Å². The van der Waals surface area contributed by atoms with E-state index in [4.69, 9.17) is 4.74 Å². The number of aryl methyl sites for hydroxylation is 1. The topological polar surface area (TPSA) is 42.4 Å². The zero-order chi connectivity index (χ0) is 9.26. The number of fused-ring (bicyclic) bond motifs is 1. The monoisotopic (exact) mass is 179 g/mol. The van der Waals surface area contributed by atoms with Crippen molar-refractivity contribution in [3.8, 4) is 0 Å². The van der Waals surface area contributed by atoms with Crippen LogP contribution in [-0.2, 0) is 11.2 Å². The molecule has 0 aromatic carbocycles. The van der Waals surface area contributed by atoms with Gasteiger partial charge in [-0.05, 0) is 24.5 Å². The van der Waals surface area contributed by atoms with Crippen molar-refractivity contribution < 1.29 is 9.84 Å². The van der Waals surface area contributed by atoms with Crippen molar-refractivity contribution in [3.63, 3.8) is 0 Å². The zero-order valence-corrected chi connectivity index (χ0v) is 7.60. The molecule has 0 bridgehead atoms.